The summed E-state index contributed by atoms with van der Waals surface area (Å²) in [4.78, 5) is 14.2. The van der Waals surface area contributed by atoms with Crippen molar-refractivity contribution in [2.45, 2.75) is 78.7 Å². The van der Waals surface area contributed by atoms with Crippen LogP contribution < -0.4 is 0 Å². The van der Waals surface area contributed by atoms with Crippen LogP contribution >= 0.6 is 0 Å². The molecule has 0 heterocycles. The molecule has 0 saturated heterocycles. The van der Waals surface area contributed by atoms with Crippen molar-refractivity contribution < 1.29 is 4.79 Å². The topological polar surface area (TPSA) is 20.3 Å². The molecule has 19 heavy (non-hydrogen) atoms. The van der Waals surface area contributed by atoms with Crippen molar-refractivity contribution in [3.8, 4) is 0 Å². The lowest BCUT2D eigenvalue weighted by molar-refractivity contribution is -0.120. The van der Waals surface area contributed by atoms with Gasteiger partial charge < -0.3 is 4.79 Å². The number of unbranched alkanes of at least 4 members (excludes halogenated alkanes) is 2. The first-order chi connectivity index (χ1) is 9.03. The summed E-state index contributed by atoms with van der Waals surface area (Å²) in [6.07, 6.45) is 9.81. The Hall–Kier alpha value is -0.370. The van der Waals surface area contributed by atoms with Crippen molar-refractivity contribution in [2.24, 2.45) is 11.3 Å². The molecule has 0 aromatic heterocycles. The van der Waals surface area contributed by atoms with Crippen LogP contribution in [0.15, 0.2) is 0 Å². The van der Waals surface area contributed by atoms with E-state index in [2.05, 4.69) is 32.6 Å². The Labute approximate surface area is 119 Å². The normalized spacial score (nSPS) is 28.0. The molecule has 0 aliphatic heterocycles. The molecule has 0 bridgehead atoms. The van der Waals surface area contributed by atoms with Gasteiger partial charge in [-0.3, -0.25) is 4.90 Å². The van der Waals surface area contributed by atoms with E-state index in [4.69, 9.17) is 0 Å². The van der Waals surface area contributed by atoms with E-state index in [0.29, 0.717) is 12.0 Å². The van der Waals surface area contributed by atoms with Gasteiger partial charge in [0.2, 0.25) is 0 Å². The van der Waals surface area contributed by atoms with Crippen LogP contribution in [0.25, 0.3) is 0 Å². The summed E-state index contributed by atoms with van der Waals surface area (Å²) < 4.78 is 0. The fourth-order valence-corrected chi connectivity index (χ4v) is 3.48. The quantitative estimate of drug-likeness (QED) is 0.483. The molecule has 0 radical (unpaired) electrons. The second kappa shape index (κ2) is 8.04. The lowest BCUT2D eigenvalue weighted by Gasteiger charge is -2.41. The predicted octanol–water partition coefficient (Wildman–Crippen LogP) is 4.28. The van der Waals surface area contributed by atoms with Crippen molar-refractivity contribution >= 4 is 6.29 Å². The van der Waals surface area contributed by atoms with Crippen LogP contribution in [0.2, 0.25) is 0 Å². The Kier molecular flexibility index (Phi) is 7.06. The number of hydrogen-bond donors (Lipinski definition) is 0. The highest BCUT2D eigenvalue weighted by Gasteiger charge is 2.36. The van der Waals surface area contributed by atoms with E-state index in [1.807, 2.05) is 0 Å². The van der Waals surface area contributed by atoms with E-state index >= 15 is 0 Å². The minimum atomic E-state index is -0.0614. The lowest BCUT2D eigenvalue weighted by Crippen LogP contribution is -2.45. The first-order valence-corrected chi connectivity index (χ1v) is 8.23. The van der Waals surface area contributed by atoms with Crippen molar-refractivity contribution in [2.75, 3.05) is 13.1 Å². The van der Waals surface area contributed by atoms with Crippen LogP contribution in [0.5, 0.6) is 0 Å². The van der Waals surface area contributed by atoms with Crippen LogP contribution in [-0.4, -0.2) is 30.3 Å². The first-order valence-electron chi connectivity index (χ1n) is 8.23. The summed E-state index contributed by atoms with van der Waals surface area (Å²) in [5.74, 6) is 0.712. The van der Waals surface area contributed by atoms with Crippen LogP contribution in [-0.2, 0) is 4.79 Å². The number of aldehydes is 1. The minimum absolute atomic E-state index is 0.0614. The summed E-state index contributed by atoms with van der Waals surface area (Å²) in [5.41, 5.74) is -0.0614. The van der Waals surface area contributed by atoms with E-state index in [9.17, 15) is 4.79 Å². The van der Waals surface area contributed by atoms with Gasteiger partial charge in [0, 0.05) is 18.0 Å². The second-order valence-electron chi connectivity index (χ2n) is 6.95. The zero-order valence-corrected chi connectivity index (χ0v) is 13.5. The van der Waals surface area contributed by atoms with Crippen molar-refractivity contribution in [3.05, 3.63) is 0 Å². The molecular weight excluding hydrogens is 234 g/mol. The molecule has 1 saturated carbocycles. The van der Waals surface area contributed by atoms with Gasteiger partial charge in [-0.2, -0.15) is 0 Å². The Morgan fingerprint density at radius 2 is 2.11 bits per heavy atom. The van der Waals surface area contributed by atoms with Crippen molar-refractivity contribution in [1.82, 2.24) is 4.90 Å². The van der Waals surface area contributed by atoms with E-state index in [1.54, 1.807) is 0 Å². The minimum Gasteiger partial charge on any atom is -0.303 e. The molecule has 1 aliphatic rings. The summed E-state index contributed by atoms with van der Waals surface area (Å²) in [7, 11) is 0. The van der Waals surface area contributed by atoms with Gasteiger partial charge in [-0.15, -0.1) is 0 Å². The highest BCUT2D eigenvalue weighted by Crippen LogP contribution is 2.38. The fraction of sp³-hybridized carbons (Fsp3) is 0.941. The Bertz CT molecular complexity index is 264. The third-order valence-electron chi connectivity index (χ3n) is 4.67. The van der Waals surface area contributed by atoms with Gasteiger partial charge in [-0.1, -0.05) is 39.5 Å². The average molecular weight is 267 g/mol. The SMILES string of the molecule is CCCCCN(CC1(C=O)CCCC(C)C1)C(C)C. The summed E-state index contributed by atoms with van der Waals surface area (Å²) in [6, 6.07) is 0.547. The molecule has 2 heteroatoms. The van der Waals surface area contributed by atoms with Crippen LogP contribution in [0.3, 0.4) is 0 Å². The Balaban J connectivity index is 2.61. The molecule has 1 rings (SSSR count). The molecule has 0 N–H and O–H groups in total. The molecule has 2 nitrogen and oxygen atoms in total. The van der Waals surface area contributed by atoms with Gasteiger partial charge in [0.15, 0.2) is 0 Å². The van der Waals surface area contributed by atoms with Crippen molar-refractivity contribution in [1.29, 1.82) is 0 Å². The number of nitrogens with zero attached hydrogens (tertiary/aromatic N) is 1. The first kappa shape index (κ1) is 16.7. The van der Waals surface area contributed by atoms with Gasteiger partial charge in [0.1, 0.15) is 6.29 Å². The standard InChI is InChI=1S/C17H33NO/c1-5-6-7-11-18(15(2)3)13-17(14-19)10-8-9-16(4)12-17/h14-16H,5-13H2,1-4H3. The zero-order chi connectivity index (χ0) is 14.3. The molecule has 0 aromatic rings. The largest absolute Gasteiger partial charge is 0.303 e. The lowest BCUT2D eigenvalue weighted by atomic mass is 9.70. The zero-order valence-electron chi connectivity index (χ0n) is 13.5. The summed E-state index contributed by atoms with van der Waals surface area (Å²) in [6.45, 7) is 11.2. The molecule has 0 amide bonds. The molecule has 1 fully saturated rings. The van der Waals surface area contributed by atoms with Gasteiger partial charge >= 0.3 is 0 Å². The Morgan fingerprint density at radius 3 is 2.63 bits per heavy atom. The van der Waals surface area contributed by atoms with Crippen LogP contribution in [0.1, 0.15) is 72.6 Å². The van der Waals surface area contributed by atoms with E-state index in [-0.39, 0.29) is 5.41 Å². The maximum atomic E-state index is 11.7. The molecule has 2 unspecified atom stereocenters. The highest BCUT2D eigenvalue weighted by atomic mass is 16.1. The number of rotatable bonds is 8. The van der Waals surface area contributed by atoms with Gasteiger partial charge in [-0.05, 0) is 45.6 Å². The van der Waals surface area contributed by atoms with E-state index < -0.39 is 0 Å². The molecule has 2 atom stereocenters. The molecule has 0 spiro atoms. The number of hydrogen-bond acceptors (Lipinski definition) is 2. The maximum Gasteiger partial charge on any atom is 0.127 e. The van der Waals surface area contributed by atoms with Crippen molar-refractivity contribution in [3.63, 3.8) is 0 Å². The predicted molar refractivity (Wildman–Crippen MR) is 82.4 cm³/mol. The Morgan fingerprint density at radius 1 is 1.37 bits per heavy atom. The smallest absolute Gasteiger partial charge is 0.127 e. The maximum absolute atomic E-state index is 11.7. The number of carbonyl (C=O) groups is 1. The monoisotopic (exact) mass is 267 g/mol. The summed E-state index contributed by atoms with van der Waals surface area (Å²) in [5, 5.41) is 0. The number of carbonyl (C=O) groups excluding carboxylic acids is 1. The van der Waals surface area contributed by atoms with Gasteiger partial charge in [0.25, 0.3) is 0 Å². The van der Waals surface area contributed by atoms with Gasteiger partial charge in [0.05, 0.1) is 0 Å². The molecule has 1 aliphatic carbocycles. The third kappa shape index (κ3) is 5.25. The van der Waals surface area contributed by atoms with E-state index in [0.717, 1.165) is 25.9 Å². The van der Waals surface area contributed by atoms with Crippen LogP contribution in [0.4, 0.5) is 0 Å². The molecule has 0 aromatic carbocycles. The van der Waals surface area contributed by atoms with Gasteiger partial charge in [-0.25, -0.2) is 0 Å². The molecular formula is C17H33NO. The highest BCUT2D eigenvalue weighted by molar-refractivity contribution is 5.60. The third-order valence-corrected chi connectivity index (χ3v) is 4.67. The second-order valence-corrected chi connectivity index (χ2v) is 6.95. The summed E-state index contributed by atoms with van der Waals surface area (Å²) >= 11 is 0. The van der Waals surface area contributed by atoms with Crippen LogP contribution in [0, 0.1) is 11.3 Å². The van der Waals surface area contributed by atoms with E-state index in [1.165, 1.54) is 38.4 Å². The fourth-order valence-electron chi connectivity index (χ4n) is 3.48. The molecule has 112 valence electrons. The average Bonchev–Trinajstić information content (AvgIpc) is 2.37.